The number of carbonyl (C=O) groups excluding carboxylic acids is 2. The van der Waals surface area contributed by atoms with Crippen molar-refractivity contribution in [2.75, 3.05) is 26.2 Å². The van der Waals surface area contributed by atoms with Crippen LogP contribution < -0.4 is 0 Å². The molecular formula is C20H22N2O3. The van der Waals surface area contributed by atoms with Crippen molar-refractivity contribution in [2.24, 2.45) is 0 Å². The number of amides is 2. The molecule has 1 N–H and O–H groups in total. The summed E-state index contributed by atoms with van der Waals surface area (Å²) in [6.07, 6.45) is -0.993. The number of aliphatic hydroxyl groups is 1. The van der Waals surface area contributed by atoms with Gasteiger partial charge in [0.05, 0.1) is 0 Å². The molecule has 0 spiro atoms. The zero-order valence-electron chi connectivity index (χ0n) is 14.3. The molecule has 130 valence electrons. The summed E-state index contributed by atoms with van der Waals surface area (Å²) < 4.78 is 0. The average Bonchev–Trinajstić information content (AvgIpc) is 2.67. The van der Waals surface area contributed by atoms with E-state index >= 15 is 0 Å². The van der Waals surface area contributed by atoms with E-state index in [0.717, 1.165) is 11.1 Å². The van der Waals surface area contributed by atoms with E-state index in [9.17, 15) is 14.7 Å². The summed E-state index contributed by atoms with van der Waals surface area (Å²) in [5.41, 5.74) is 2.84. The molecule has 0 bridgehead atoms. The van der Waals surface area contributed by atoms with Gasteiger partial charge < -0.3 is 14.9 Å². The Morgan fingerprint density at radius 2 is 1.36 bits per heavy atom. The highest BCUT2D eigenvalue weighted by Crippen LogP contribution is 2.20. The van der Waals surface area contributed by atoms with Gasteiger partial charge in [-0.2, -0.15) is 0 Å². The minimum absolute atomic E-state index is 0.0243. The lowest BCUT2D eigenvalue weighted by atomic mass is 10.0. The van der Waals surface area contributed by atoms with Gasteiger partial charge in [-0.05, 0) is 30.2 Å². The predicted molar refractivity (Wildman–Crippen MR) is 96.0 cm³/mol. The molecule has 0 radical (unpaired) electrons. The molecule has 1 aliphatic heterocycles. The average molecular weight is 338 g/mol. The van der Waals surface area contributed by atoms with Crippen molar-refractivity contribution in [3.63, 3.8) is 0 Å². The first-order valence-electron chi connectivity index (χ1n) is 8.48. The fourth-order valence-electron chi connectivity index (χ4n) is 3.01. The molecule has 2 amide bonds. The van der Waals surface area contributed by atoms with Gasteiger partial charge in [-0.25, -0.2) is 0 Å². The maximum absolute atomic E-state index is 12.6. The highest BCUT2D eigenvalue weighted by atomic mass is 16.3. The molecule has 0 aliphatic carbocycles. The molecule has 0 saturated carbocycles. The predicted octanol–water partition coefficient (Wildman–Crippen LogP) is 2.02. The van der Waals surface area contributed by atoms with E-state index in [-0.39, 0.29) is 11.8 Å². The first kappa shape index (κ1) is 17.2. The van der Waals surface area contributed by atoms with Gasteiger partial charge in [-0.1, -0.05) is 42.5 Å². The van der Waals surface area contributed by atoms with Crippen molar-refractivity contribution < 1.29 is 14.7 Å². The van der Waals surface area contributed by atoms with Crippen molar-refractivity contribution in [1.29, 1.82) is 0 Å². The molecule has 2 aromatic carbocycles. The topological polar surface area (TPSA) is 60.9 Å². The Bertz CT molecular complexity index is 733. The SMILES string of the molecule is C[C@H](O)C(=O)N1CCN(C(=O)c2ccc(-c3ccccc3)cc2)CC1. The Kier molecular flexibility index (Phi) is 5.14. The molecule has 1 heterocycles. The Morgan fingerprint density at radius 3 is 1.92 bits per heavy atom. The summed E-state index contributed by atoms with van der Waals surface area (Å²) in [5.74, 6) is -0.303. The number of aliphatic hydroxyl groups excluding tert-OH is 1. The zero-order valence-corrected chi connectivity index (χ0v) is 14.3. The summed E-state index contributed by atoms with van der Waals surface area (Å²) in [6.45, 7) is 3.35. The van der Waals surface area contributed by atoms with Crippen LogP contribution in [-0.2, 0) is 4.79 Å². The van der Waals surface area contributed by atoms with E-state index in [1.54, 1.807) is 9.80 Å². The Labute approximate surface area is 147 Å². The summed E-state index contributed by atoms with van der Waals surface area (Å²) >= 11 is 0. The van der Waals surface area contributed by atoms with E-state index in [2.05, 4.69) is 0 Å². The van der Waals surface area contributed by atoms with Gasteiger partial charge in [0.25, 0.3) is 11.8 Å². The van der Waals surface area contributed by atoms with Crippen LogP contribution in [0.5, 0.6) is 0 Å². The van der Waals surface area contributed by atoms with Gasteiger partial charge in [-0.3, -0.25) is 9.59 Å². The molecule has 3 rings (SSSR count). The standard InChI is InChI=1S/C20H22N2O3/c1-15(23)19(24)21-11-13-22(14-12-21)20(25)18-9-7-17(8-10-18)16-5-3-2-4-6-16/h2-10,15,23H,11-14H2,1H3/t15-/m0/s1. The van der Waals surface area contributed by atoms with Crippen LogP contribution in [0, 0.1) is 0 Å². The molecule has 1 fully saturated rings. The second-order valence-corrected chi connectivity index (χ2v) is 6.24. The third-order valence-corrected chi connectivity index (χ3v) is 4.47. The lowest BCUT2D eigenvalue weighted by molar-refractivity contribution is -0.140. The van der Waals surface area contributed by atoms with Crippen LogP contribution in [-0.4, -0.2) is 59.0 Å². The maximum atomic E-state index is 12.6. The van der Waals surface area contributed by atoms with E-state index < -0.39 is 6.10 Å². The number of piperazine rings is 1. The van der Waals surface area contributed by atoms with E-state index in [1.807, 2.05) is 54.6 Å². The third-order valence-electron chi connectivity index (χ3n) is 4.47. The van der Waals surface area contributed by atoms with Crippen molar-refractivity contribution in [1.82, 2.24) is 9.80 Å². The number of rotatable bonds is 3. The summed E-state index contributed by atoms with van der Waals surface area (Å²) in [7, 11) is 0. The minimum atomic E-state index is -0.993. The second kappa shape index (κ2) is 7.49. The third kappa shape index (κ3) is 3.88. The molecule has 1 saturated heterocycles. The fourth-order valence-corrected chi connectivity index (χ4v) is 3.01. The van der Waals surface area contributed by atoms with Crippen molar-refractivity contribution in [2.45, 2.75) is 13.0 Å². The van der Waals surface area contributed by atoms with Crippen LogP contribution in [0.3, 0.4) is 0 Å². The molecule has 5 nitrogen and oxygen atoms in total. The molecule has 2 aromatic rings. The van der Waals surface area contributed by atoms with Crippen LogP contribution in [0.2, 0.25) is 0 Å². The lowest BCUT2D eigenvalue weighted by Gasteiger charge is -2.35. The van der Waals surface area contributed by atoms with Gasteiger partial charge in [-0.15, -0.1) is 0 Å². The molecule has 1 aliphatic rings. The quantitative estimate of drug-likeness (QED) is 0.931. The van der Waals surface area contributed by atoms with Gasteiger partial charge in [0.15, 0.2) is 0 Å². The van der Waals surface area contributed by atoms with E-state index in [4.69, 9.17) is 0 Å². The number of benzene rings is 2. The lowest BCUT2D eigenvalue weighted by Crippen LogP contribution is -2.52. The molecule has 5 heteroatoms. The number of hydrogen-bond donors (Lipinski definition) is 1. The van der Waals surface area contributed by atoms with Gasteiger partial charge in [0.2, 0.25) is 0 Å². The van der Waals surface area contributed by atoms with Crippen LogP contribution in [0.25, 0.3) is 11.1 Å². The second-order valence-electron chi connectivity index (χ2n) is 6.24. The largest absolute Gasteiger partial charge is 0.384 e. The highest BCUT2D eigenvalue weighted by molar-refractivity contribution is 5.95. The van der Waals surface area contributed by atoms with Crippen molar-refractivity contribution >= 4 is 11.8 Å². The van der Waals surface area contributed by atoms with E-state index in [1.165, 1.54) is 6.92 Å². The molecule has 0 unspecified atom stereocenters. The number of hydrogen-bond acceptors (Lipinski definition) is 3. The highest BCUT2D eigenvalue weighted by Gasteiger charge is 2.26. The Balaban J connectivity index is 1.63. The van der Waals surface area contributed by atoms with Gasteiger partial charge >= 0.3 is 0 Å². The number of carbonyl (C=O) groups is 2. The first-order valence-corrected chi connectivity index (χ1v) is 8.48. The molecule has 1 atom stereocenters. The Morgan fingerprint density at radius 1 is 0.840 bits per heavy atom. The summed E-state index contributed by atoms with van der Waals surface area (Å²) in [5, 5.41) is 9.37. The molecule has 25 heavy (non-hydrogen) atoms. The first-order chi connectivity index (χ1) is 12.1. The summed E-state index contributed by atoms with van der Waals surface area (Å²) in [4.78, 5) is 27.8. The number of nitrogens with zero attached hydrogens (tertiary/aromatic N) is 2. The summed E-state index contributed by atoms with van der Waals surface area (Å²) in [6, 6.07) is 17.6. The molecular weight excluding hydrogens is 316 g/mol. The molecule has 0 aromatic heterocycles. The van der Waals surface area contributed by atoms with Gasteiger partial charge in [0, 0.05) is 31.7 Å². The van der Waals surface area contributed by atoms with Crippen LogP contribution in [0.1, 0.15) is 17.3 Å². The normalized spacial score (nSPS) is 15.8. The monoisotopic (exact) mass is 338 g/mol. The van der Waals surface area contributed by atoms with Crippen LogP contribution >= 0.6 is 0 Å². The minimum Gasteiger partial charge on any atom is -0.384 e. The van der Waals surface area contributed by atoms with Crippen LogP contribution in [0.15, 0.2) is 54.6 Å². The zero-order chi connectivity index (χ0) is 17.8. The van der Waals surface area contributed by atoms with E-state index in [0.29, 0.717) is 31.7 Å². The smallest absolute Gasteiger partial charge is 0.253 e. The maximum Gasteiger partial charge on any atom is 0.253 e. The van der Waals surface area contributed by atoms with Gasteiger partial charge in [0.1, 0.15) is 6.10 Å². The van der Waals surface area contributed by atoms with Crippen molar-refractivity contribution in [3.05, 3.63) is 60.2 Å². The van der Waals surface area contributed by atoms with Crippen molar-refractivity contribution in [3.8, 4) is 11.1 Å². The Hall–Kier alpha value is -2.66. The fraction of sp³-hybridized carbons (Fsp3) is 0.300. The van der Waals surface area contributed by atoms with Crippen LogP contribution in [0.4, 0.5) is 0 Å².